The third kappa shape index (κ3) is 7.11. The zero-order valence-corrected chi connectivity index (χ0v) is 22.6. The fraction of sp³-hybridized carbons (Fsp3) is 0.464. The number of halogens is 1. The minimum Gasteiger partial charge on any atom is -0.497 e. The number of benzene rings is 2. The summed E-state index contributed by atoms with van der Waals surface area (Å²) in [6.45, 7) is 3.52. The quantitative estimate of drug-likeness (QED) is 0.430. The largest absolute Gasteiger partial charge is 0.497 e. The van der Waals surface area contributed by atoms with Crippen LogP contribution in [0.4, 0.5) is 4.39 Å². The van der Waals surface area contributed by atoms with Gasteiger partial charge in [-0.2, -0.15) is 5.10 Å². The molecular formula is C28H35FN4O6. The van der Waals surface area contributed by atoms with Gasteiger partial charge in [0.25, 0.3) is 5.91 Å². The van der Waals surface area contributed by atoms with Gasteiger partial charge in [-0.15, -0.1) is 0 Å². The van der Waals surface area contributed by atoms with Crippen molar-refractivity contribution in [2.75, 3.05) is 73.9 Å². The van der Waals surface area contributed by atoms with E-state index in [1.807, 2.05) is 6.07 Å². The molecule has 1 fully saturated rings. The van der Waals surface area contributed by atoms with Gasteiger partial charge >= 0.3 is 0 Å². The molecule has 0 aromatic heterocycles. The topological polar surface area (TPSA) is 93.1 Å². The molecule has 0 spiro atoms. The van der Waals surface area contributed by atoms with Crippen LogP contribution in [0.3, 0.4) is 0 Å². The Labute approximate surface area is 227 Å². The highest BCUT2D eigenvalue weighted by Gasteiger charge is 2.35. The predicted molar refractivity (Wildman–Crippen MR) is 142 cm³/mol. The summed E-state index contributed by atoms with van der Waals surface area (Å²) < 4.78 is 35.1. The van der Waals surface area contributed by atoms with E-state index in [1.54, 1.807) is 38.5 Å². The molecule has 39 heavy (non-hydrogen) atoms. The normalized spacial score (nSPS) is 17.6. The molecule has 1 atom stereocenters. The average molecular weight is 543 g/mol. The van der Waals surface area contributed by atoms with Crippen LogP contribution in [0.15, 0.2) is 47.6 Å². The first-order chi connectivity index (χ1) is 18.9. The van der Waals surface area contributed by atoms with Crippen LogP contribution in [-0.4, -0.2) is 106 Å². The van der Waals surface area contributed by atoms with E-state index in [1.165, 1.54) is 29.2 Å². The number of carbonyl (C=O) groups is 2. The summed E-state index contributed by atoms with van der Waals surface area (Å²) in [6.07, 6.45) is 0.389. The second-order valence-corrected chi connectivity index (χ2v) is 9.33. The number of hydrogen-bond acceptors (Lipinski definition) is 8. The minimum atomic E-state index is -0.474. The summed E-state index contributed by atoms with van der Waals surface area (Å²) in [6, 6.07) is 10.9. The van der Waals surface area contributed by atoms with Gasteiger partial charge in [0.1, 0.15) is 30.5 Å². The number of amides is 2. The molecule has 2 aromatic rings. The number of methoxy groups -OCH3 is 3. The molecule has 2 heterocycles. The first-order valence-electron chi connectivity index (χ1n) is 12.9. The Hall–Kier alpha value is -3.54. The highest BCUT2D eigenvalue weighted by molar-refractivity contribution is 6.05. The maximum Gasteiger partial charge on any atom is 0.262 e. The maximum absolute atomic E-state index is 13.7. The number of nitrogens with zero attached hydrogens (tertiary/aromatic N) is 4. The fourth-order valence-electron chi connectivity index (χ4n) is 4.71. The van der Waals surface area contributed by atoms with E-state index in [4.69, 9.17) is 24.0 Å². The zero-order chi connectivity index (χ0) is 27.8. The third-order valence-electron chi connectivity index (χ3n) is 6.88. The van der Waals surface area contributed by atoms with Gasteiger partial charge < -0.3 is 23.8 Å². The van der Waals surface area contributed by atoms with Crippen molar-refractivity contribution < 1.29 is 32.9 Å². The monoisotopic (exact) mass is 542 g/mol. The summed E-state index contributed by atoms with van der Waals surface area (Å²) in [4.78, 5) is 30.3. The lowest BCUT2D eigenvalue weighted by molar-refractivity contribution is -0.143. The van der Waals surface area contributed by atoms with E-state index >= 15 is 0 Å². The number of morpholine rings is 1. The second kappa shape index (κ2) is 13.5. The van der Waals surface area contributed by atoms with Crippen LogP contribution < -0.4 is 9.47 Å². The van der Waals surface area contributed by atoms with Crippen LogP contribution in [0.1, 0.15) is 23.6 Å². The van der Waals surface area contributed by atoms with E-state index in [0.29, 0.717) is 49.9 Å². The van der Waals surface area contributed by atoms with Gasteiger partial charge in [0.15, 0.2) is 0 Å². The lowest BCUT2D eigenvalue weighted by Crippen LogP contribution is -2.47. The van der Waals surface area contributed by atoms with Gasteiger partial charge in [-0.1, -0.05) is 12.1 Å². The molecule has 0 N–H and O–H groups in total. The number of rotatable bonds is 11. The van der Waals surface area contributed by atoms with Crippen molar-refractivity contribution in [3.63, 3.8) is 0 Å². The summed E-state index contributed by atoms with van der Waals surface area (Å²) in [5.41, 5.74) is 2.10. The summed E-state index contributed by atoms with van der Waals surface area (Å²) >= 11 is 0. The van der Waals surface area contributed by atoms with Crippen molar-refractivity contribution in [2.45, 2.75) is 12.5 Å². The summed E-state index contributed by atoms with van der Waals surface area (Å²) in [5, 5.41) is 6.10. The smallest absolute Gasteiger partial charge is 0.262 e. The molecule has 2 amide bonds. The molecule has 10 nitrogen and oxygen atoms in total. The van der Waals surface area contributed by atoms with Crippen LogP contribution in [0.2, 0.25) is 0 Å². The van der Waals surface area contributed by atoms with Crippen molar-refractivity contribution >= 4 is 17.5 Å². The van der Waals surface area contributed by atoms with E-state index in [0.717, 1.165) is 24.2 Å². The van der Waals surface area contributed by atoms with Crippen LogP contribution in [-0.2, 0) is 19.1 Å². The average Bonchev–Trinajstić information content (AvgIpc) is 3.41. The minimum absolute atomic E-state index is 0.130. The molecule has 11 heteroatoms. The van der Waals surface area contributed by atoms with Gasteiger partial charge in [0.05, 0.1) is 39.2 Å². The van der Waals surface area contributed by atoms with Gasteiger partial charge in [-0.25, -0.2) is 9.40 Å². The Balaban J connectivity index is 1.59. The van der Waals surface area contributed by atoms with Gasteiger partial charge in [-0.05, 0) is 29.8 Å². The van der Waals surface area contributed by atoms with Gasteiger partial charge in [-0.3, -0.25) is 14.5 Å². The molecule has 210 valence electrons. The van der Waals surface area contributed by atoms with E-state index in [2.05, 4.69) is 4.90 Å². The Bertz CT molecular complexity index is 1170. The molecule has 2 aliphatic rings. The fourth-order valence-corrected chi connectivity index (χ4v) is 4.71. The third-order valence-corrected chi connectivity index (χ3v) is 6.88. The molecule has 0 radical (unpaired) electrons. The molecular weight excluding hydrogens is 507 g/mol. The lowest BCUT2D eigenvalue weighted by Gasteiger charge is -2.31. The molecule has 0 bridgehead atoms. The van der Waals surface area contributed by atoms with Crippen molar-refractivity contribution in [2.24, 2.45) is 5.10 Å². The second-order valence-electron chi connectivity index (χ2n) is 9.33. The molecule has 2 aliphatic heterocycles. The molecule has 2 aromatic carbocycles. The van der Waals surface area contributed by atoms with Crippen molar-refractivity contribution in [1.82, 2.24) is 14.8 Å². The van der Waals surface area contributed by atoms with Crippen LogP contribution in [0, 0.1) is 5.82 Å². The highest BCUT2D eigenvalue weighted by atomic mass is 19.1. The number of hydrazone groups is 1. The Morgan fingerprint density at radius 3 is 2.49 bits per heavy atom. The molecule has 1 saturated heterocycles. The number of carbonyl (C=O) groups excluding carboxylic acids is 2. The maximum atomic E-state index is 13.7. The predicted octanol–water partition coefficient (Wildman–Crippen LogP) is 2.33. The van der Waals surface area contributed by atoms with E-state index in [-0.39, 0.29) is 30.8 Å². The standard InChI is InChI=1S/C28H35FN4O6/c1-36-19-28(35)32(11-10-31-12-14-39-15-13-31)18-27(34)33-25(20-4-6-21(29)7-5-20)17-24(30-33)23-9-8-22(37-2)16-26(23)38-3/h4-9,16,25H,10-15,17-19H2,1-3H3. The molecule has 0 saturated carbocycles. The van der Waals surface area contributed by atoms with Crippen LogP contribution >= 0.6 is 0 Å². The Morgan fingerprint density at radius 2 is 1.82 bits per heavy atom. The van der Waals surface area contributed by atoms with Crippen molar-refractivity contribution in [3.05, 3.63) is 59.4 Å². The molecule has 0 aliphatic carbocycles. The van der Waals surface area contributed by atoms with E-state index < -0.39 is 6.04 Å². The number of ether oxygens (including phenoxy) is 4. The Morgan fingerprint density at radius 1 is 1.08 bits per heavy atom. The van der Waals surface area contributed by atoms with Gasteiger partial charge in [0.2, 0.25) is 5.91 Å². The molecule has 4 rings (SSSR count). The lowest BCUT2D eigenvalue weighted by atomic mass is 9.97. The number of hydrogen-bond donors (Lipinski definition) is 0. The van der Waals surface area contributed by atoms with Crippen LogP contribution in [0.25, 0.3) is 0 Å². The SMILES string of the molecule is COCC(=O)N(CCN1CCOCC1)CC(=O)N1N=C(c2ccc(OC)cc2OC)CC1c1ccc(F)cc1. The first-order valence-corrected chi connectivity index (χ1v) is 12.9. The van der Waals surface area contributed by atoms with Crippen molar-refractivity contribution in [3.8, 4) is 11.5 Å². The highest BCUT2D eigenvalue weighted by Crippen LogP contribution is 2.36. The van der Waals surface area contributed by atoms with Gasteiger partial charge in [0, 0.05) is 51.3 Å². The molecule has 1 unspecified atom stereocenters. The van der Waals surface area contributed by atoms with Crippen LogP contribution in [0.5, 0.6) is 11.5 Å². The summed E-state index contributed by atoms with van der Waals surface area (Å²) in [7, 11) is 4.58. The summed E-state index contributed by atoms with van der Waals surface area (Å²) in [5.74, 6) is 0.190. The van der Waals surface area contributed by atoms with Crippen molar-refractivity contribution in [1.29, 1.82) is 0 Å². The first kappa shape index (κ1) is 28.5. The zero-order valence-electron chi connectivity index (χ0n) is 22.6. The van der Waals surface area contributed by atoms with E-state index in [9.17, 15) is 14.0 Å². The Kier molecular flexibility index (Phi) is 9.85.